The lowest BCUT2D eigenvalue weighted by Gasteiger charge is -2.27. The van der Waals surface area contributed by atoms with Crippen molar-refractivity contribution < 1.29 is 28.4 Å². The van der Waals surface area contributed by atoms with Gasteiger partial charge in [0.25, 0.3) is 0 Å². The molecular weight excluding hydrogens is 540 g/mol. The Kier molecular flexibility index (Phi) is 9.39. The Morgan fingerprint density at radius 3 is 1.30 bits per heavy atom. The van der Waals surface area contributed by atoms with Crippen molar-refractivity contribution in [3.63, 3.8) is 0 Å². The van der Waals surface area contributed by atoms with E-state index < -0.39 is 0 Å². The van der Waals surface area contributed by atoms with Crippen LogP contribution in [0.1, 0.15) is 48.3 Å². The van der Waals surface area contributed by atoms with E-state index in [9.17, 15) is 0 Å². The van der Waals surface area contributed by atoms with E-state index in [0.717, 1.165) is 35.8 Å². The Labute approximate surface area is 254 Å². The van der Waals surface area contributed by atoms with E-state index in [1.165, 1.54) is 11.1 Å². The first kappa shape index (κ1) is 29.4. The molecule has 2 heterocycles. The topological polar surface area (TPSA) is 62.0 Å². The van der Waals surface area contributed by atoms with Gasteiger partial charge in [0, 0.05) is 5.41 Å². The first-order chi connectivity index (χ1) is 21.0. The van der Waals surface area contributed by atoms with Crippen molar-refractivity contribution in [2.24, 2.45) is 0 Å². The van der Waals surface area contributed by atoms with Crippen LogP contribution in [0.5, 0.6) is 11.5 Å². The van der Waals surface area contributed by atoms with E-state index in [2.05, 4.69) is 62.4 Å². The molecule has 0 amide bonds. The molecule has 2 fully saturated rings. The van der Waals surface area contributed by atoms with Crippen molar-refractivity contribution in [2.45, 2.75) is 43.7 Å². The summed E-state index contributed by atoms with van der Waals surface area (Å²) < 4.78 is 35.2. The third-order valence-corrected chi connectivity index (χ3v) is 8.07. The van der Waals surface area contributed by atoms with Gasteiger partial charge in [0.2, 0.25) is 0 Å². The van der Waals surface area contributed by atoms with E-state index in [1.54, 1.807) is 0 Å². The Morgan fingerprint density at radius 1 is 0.581 bits per heavy atom. The molecule has 2 saturated heterocycles. The summed E-state index contributed by atoms with van der Waals surface area (Å²) in [5, 5.41) is 0. The normalized spacial score (nSPS) is 18.9. The highest BCUT2D eigenvalue weighted by Gasteiger charge is 2.27. The number of hydrogen-bond donors (Lipinski definition) is 0. The van der Waals surface area contributed by atoms with Gasteiger partial charge in [-0.05, 0) is 46.5 Å². The van der Waals surface area contributed by atoms with E-state index in [0.29, 0.717) is 26.4 Å². The second-order valence-corrected chi connectivity index (χ2v) is 11.7. The van der Waals surface area contributed by atoms with Gasteiger partial charge >= 0.3 is 0 Å². The third kappa shape index (κ3) is 8.24. The van der Waals surface area contributed by atoms with Crippen LogP contribution < -0.4 is 9.47 Å². The summed E-state index contributed by atoms with van der Waals surface area (Å²) in [6.45, 7) is 8.05. The standard InChI is InChI=1S/C37H40O6/c1-37(2,29-13-17-31(18-14-29)40-25-35(42-23-33-21-38-33)27-9-5-3-6-10-27)30-15-19-32(20-16-30)41-26-36(43-24-34-22-39-34)28-11-7-4-8-12-28/h3-20,33-36H,21-26H2,1-2H3. The van der Waals surface area contributed by atoms with E-state index in [-0.39, 0.29) is 29.8 Å². The van der Waals surface area contributed by atoms with Crippen molar-refractivity contribution in [2.75, 3.05) is 39.6 Å². The highest BCUT2D eigenvalue weighted by atomic mass is 16.6. The molecule has 4 aromatic rings. The molecule has 0 bridgehead atoms. The molecule has 224 valence electrons. The molecule has 6 heteroatoms. The van der Waals surface area contributed by atoms with Gasteiger partial charge in [0.05, 0.1) is 26.4 Å². The van der Waals surface area contributed by atoms with E-state index in [4.69, 9.17) is 28.4 Å². The van der Waals surface area contributed by atoms with Gasteiger partial charge in [0.1, 0.15) is 49.1 Å². The van der Waals surface area contributed by atoms with Gasteiger partial charge in [0.15, 0.2) is 0 Å². The zero-order chi connectivity index (χ0) is 29.5. The van der Waals surface area contributed by atoms with Gasteiger partial charge in [-0.25, -0.2) is 0 Å². The summed E-state index contributed by atoms with van der Waals surface area (Å²) in [7, 11) is 0. The molecule has 6 rings (SSSR count). The zero-order valence-electron chi connectivity index (χ0n) is 24.9. The lowest BCUT2D eigenvalue weighted by atomic mass is 9.78. The molecule has 4 atom stereocenters. The first-order valence-electron chi connectivity index (χ1n) is 15.1. The van der Waals surface area contributed by atoms with Crippen LogP contribution in [0.25, 0.3) is 0 Å². The predicted molar refractivity (Wildman–Crippen MR) is 166 cm³/mol. The number of epoxide rings is 2. The van der Waals surface area contributed by atoms with Crippen LogP contribution >= 0.6 is 0 Å². The van der Waals surface area contributed by atoms with Gasteiger partial charge < -0.3 is 28.4 Å². The number of rotatable bonds is 16. The Bertz CT molecular complexity index is 1290. The molecule has 2 aliphatic rings. The van der Waals surface area contributed by atoms with Crippen molar-refractivity contribution in [1.82, 2.24) is 0 Å². The van der Waals surface area contributed by atoms with Crippen molar-refractivity contribution in [1.29, 1.82) is 0 Å². The van der Waals surface area contributed by atoms with Gasteiger partial charge in [-0.2, -0.15) is 0 Å². The summed E-state index contributed by atoms with van der Waals surface area (Å²) in [6.07, 6.45) is 0.120. The molecule has 0 N–H and O–H groups in total. The van der Waals surface area contributed by atoms with E-state index in [1.807, 2.05) is 60.7 Å². The molecule has 43 heavy (non-hydrogen) atoms. The number of benzene rings is 4. The molecule has 6 nitrogen and oxygen atoms in total. The largest absolute Gasteiger partial charge is 0.491 e. The summed E-state index contributed by atoms with van der Waals surface area (Å²) in [5.74, 6) is 1.64. The van der Waals surface area contributed by atoms with Crippen molar-refractivity contribution in [3.05, 3.63) is 131 Å². The van der Waals surface area contributed by atoms with Crippen LogP contribution in [0.2, 0.25) is 0 Å². The molecule has 0 spiro atoms. The van der Waals surface area contributed by atoms with E-state index >= 15 is 0 Å². The number of hydrogen-bond acceptors (Lipinski definition) is 6. The highest BCUT2D eigenvalue weighted by molar-refractivity contribution is 5.42. The highest BCUT2D eigenvalue weighted by Crippen LogP contribution is 2.34. The fraction of sp³-hybridized carbons (Fsp3) is 0.351. The smallest absolute Gasteiger partial charge is 0.119 e. The average Bonchev–Trinajstić information content (AvgIpc) is 3.99. The summed E-state index contributed by atoms with van der Waals surface area (Å²) in [4.78, 5) is 0. The van der Waals surface area contributed by atoms with Gasteiger partial charge in [-0.15, -0.1) is 0 Å². The average molecular weight is 581 g/mol. The van der Waals surface area contributed by atoms with Gasteiger partial charge in [-0.3, -0.25) is 0 Å². The molecule has 4 unspecified atom stereocenters. The van der Waals surface area contributed by atoms with Crippen LogP contribution in [0.3, 0.4) is 0 Å². The predicted octanol–water partition coefficient (Wildman–Crippen LogP) is 7.08. The zero-order valence-corrected chi connectivity index (χ0v) is 24.9. The minimum atomic E-state index is -0.197. The summed E-state index contributed by atoms with van der Waals surface area (Å²) in [6, 6.07) is 37.1. The van der Waals surface area contributed by atoms with Gasteiger partial charge in [-0.1, -0.05) is 98.8 Å². The van der Waals surface area contributed by atoms with Crippen molar-refractivity contribution >= 4 is 0 Å². The minimum Gasteiger partial charge on any atom is -0.491 e. The second kappa shape index (κ2) is 13.7. The maximum absolute atomic E-state index is 6.18. The van der Waals surface area contributed by atoms with Crippen LogP contribution in [-0.2, 0) is 24.4 Å². The quantitative estimate of drug-likeness (QED) is 0.132. The molecule has 4 aromatic carbocycles. The molecular formula is C37H40O6. The lowest BCUT2D eigenvalue weighted by Crippen LogP contribution is -2.19. The van der Waals surface area contributed by atoms with Crippen LogP contribution in [0, 0.1) is 0 Å². The van der Waals surface area contributed by atoms with Crippen LogP contribution in [0.4, 0.5) is 0 Å². The second-order valence-electron chi connectivity index (χ2n) is 11.7. The van der Waals surface area contributed by atoms with Crippen LogP contribution in [0.15, 0.2) is 109 Å². The lowest BCUT2D eigenvalue weighted by molar-refractivity contribution is 0.0113. The summed E-state index contributed by atoms with van der Waals surface area (Å²) >= 11 is 0. The molecule has 0 aliphatic carbocycles. The monoisotopic (exact) mass is 580 g/mol. The Morgan fingerprint density at radius 2 is 0.953 bits per heavy atom. The fourth-order valence-corrected chi connectivity index (χ4v) is 5.04. The molecule has 2 aliphatic heterocycles. The summed E-state index contributed by atoms with van der Waals surface area (Å²) in [5.41, 5.74) is 4.41. The maximum Gasteiger partial charge on any atom is 0.119 e. The van der Waals surface area contributed by atoms with Crippen LogP contribution in [-0.4, -0.2) is 51.8 Å². The van der Waals surface area contributed by atoms with Crippen molar-refractivity contribution in [3.8, 4) is 11.5 Å². The number of ether oxygens (including phenoxy) is 6. The minimum absolute atomic E-state index is 0.149. The molecule has 0 radical (unpaired) electrons. The molecule has 0 saturated carbocycles. The first-order valence-corrected chi connectivity index (χ1v) is 15.1. The molecule has 0 aromatic heterocycles. The third-order valence-electron chi connectivity index (χ3n) is 8.07. The Balaban J connectivity index is 1.05. The fourth-order valence-electron chi connectivity index (χ4n) is 5.04. The SMILES string of the molecule is CC(C)(c1ccc(OCC(OCC2CO2)c2ccccc2)cc1)c1ccc(OCC(OCC2CO2)c2ccccc2)cc1. The Hall–Kier alpha value is -3.68. The maximum atomic E-state index is 6.18.